The smallest absolute Gasteiger partial charge is 0.315 e. The van der Waals surface area contributed by atoms with Crippen LogP contribution in [0.4, 0.5) is 17.1 Å². The molecule has 1 aliphatic rings. The summed E-state index contributed by atoms with van der Waals surface area (Å²) in [7, 11) is 1.70. The molecule has 1 aromatic carbocycles. The van der Waals surface area contributed by atoms with Gasteiger partial charge in [0.05, 0.1) is 4.92 Å². The van der Waals surface area contributed by atoms with Crippen LogP contribution in [0.25, 0.3) is 0 Å². The van der Waals surface area contributed by atoms with Gasteiger partial charge in [-0.2, -0.15) is 0 Å². The monoisotopic (exact) mass is 277 g/mol. The van der Waals surface area contributed by atoms with E-state index in [2.05, 4.69) is 17.6 Å². The lowest BCUT2D eigenvalue weighted by molar-refractivity contribution is -0.383. The number of nitro groups is 1. The van der Waals surface area contributed by atoms with Gasteiger partial charge in [0.15, 0.2) is 0 Å². The Bertz CT molecular complexity index is 476. The van der Waals surface area contributed by atoms with Crippen molar-refractivity contribution in [2.24, 2.45) is 11.8 Å². The van der Waals surface area contributed by atoms with Gasteiger partial charge >= 0.3 is 5.69 Å². The Kier molecular flexibility index (Phi) is 4.82. The topological polar surface area (TPSA) is 67.2 Å². The van der Waals surface area contributed by atoms with Gasteiger partial charge in [0.1, 0.15) is 11.4 Å². The average molecular weight is 277 g/mol. The van der Waals surface area contributed by atoms with Crippen LogP contribution in [0, 0.1) is 22.0 Å². The molecule has 0 radical (unpaired) electrons. The number of nitro benzene ring substituents is 1. The minimum absolute atomic E-state index is 0.138. The van der Waals surface area contributed by atoms with Gasteiger partial charge in [0, 0.05) is 13.6 Å². The predicted molar refractivity (Wildman–Crippen MR) is 82.3 cm³/mol. The summed E-state index contributed by atoms with van der Waals surface area (Å²) in [6.45, 7) is 3.11. The van der Waals surface area contributed by atoms with Crippen LogP contribution in [0.15, 0.2) is 18.2 Å². The molecule has 1 aliphatic carbocycles. The Balaban J connectivity index is 2.07. The molecule has 110 valence electrons. The minimum Gasteiger partial charge on any atom is -0.382 e. The van der Waals surface area contributed by atoms with Crippen molar-refractivity contribution in [1.29, 1.82) is 0 Å². The number of anilines is 2. The first-order valence-corrected chi connectivity index (χ1v) is 7.30. The lowest BCUT2D eigenvalue weighted by atomic mass is 9.82. The van der Waals surface area contributed by atoms with Crippen LogP contribution in [-0.2, 0) is 0 Å². The quantitative estimate of drug-likeness (QED) is 0.633. The fourth-order valence-electron chi connectivity index (χ4n) is 3.08. The van der Waals surface area contributed by atoms with Crippen molar-refractivity contribution < 1.29 is 4.92 Å². The van der Waals surface area contributed by atoms with Crippen LogP contribution >= 0.6 is 0 Å². The Morgan fingerprint density at radius 2 is 2.10 bits per heavy atom. The molecule has 0 aromatic heterocycles. The van der Waals surface area contributed by atoms with Crippen molar-refractivity contribution in [3.8, 4) is 0 Å². The fraction of sp³-hybridized carbons (Fsp3) is 0.600. The van der Waals surface area contributed by atoms with Gasteiger partial charge in [0.25, 0.3) is 0 Å². The third kappa shape index (κ3) is 3.40. The van der Waals surface area contributed by atoms with E-state index in [0.29, 0.717) is 17.3 Å². The van der Waals surface area contributed by atoms with Gasteiger partial charge in [-0.25, -0.2) is 0 Å². The van der Waals surface area contributed by atoms with Crippen LogP contribution in [0.5, 0.6) is 0 Å². The van der Waals surface area contributed by atoms with Crippen molar-refractivity contribution >= 4 is 17.1 Å². The highest BCUT2D eigenvalue weighted by Crippen LogP contribution is 2.34. The Morgan fingerprint density at radius 3 is 2.75 bits per heavy atom. The number of nitrogens with one attached hydrogen (secondary N) is 2. The molecule has 0 amide bonds. The normalized spacial score (nSPS) is 22.3. The highest BCUT2D eigenvalue weighted by Gasteiger charge is 2.22. The van der Waals surface area contributed by atoms with E-state index in [1.807, 2.05) is 6.07 Å². The molecule has 0 spiro atoms. The summed E-state index contributed by atoms with van der Waals surface area (Å²) in [6, 6.07) is 5.35. The summed E-state index contributed by atoms with van der Waals surface area (Å²) in [5, 5.41) is 17.4. The van der Waals surface area contributed by atoms with E-state index in [-0.39, 0.29) is 10.6 Å². The van der Waals surface area contributed by atoms with Crippen LogP contribution in [-0.4, -0.2) is 18.5 Å². The Labute approximate surface area is 119 Å². The molecule has 1 aromatic rings. The summed E-state index contributed by atoms with van der Waals surface area (Å²) < 4.78 is 0. The molecule has 5 nitrogen and oxygen atoms in total. The maximum atomic E-state index is 11.2. The third-order valence-electron chi connectivity index (χ3n) is 4.11. The van der Waals surface area contributed by atoms with Crippen LogP contribution < -0.4 is 10.6 Å². The molecule has 2 rings (SSSR count). The molecule has 0 heterocycles. The minimum atomic E-state index is -0.322. The number of rotatable bonds is 5. The first-order chi connectivity index (χ1) is 9.61. The number of benzene rings is 1. The number of hydrogen-bond donors (Lipinski definition) is 2. The van der Waals surface area contributed by atoms with E-state index >= 15 is 0 Å². The van der Waals surface area contributed by atoms with E-state index in [9.17, 15) is 10.1 Å². The summed E-state index contributed by atoms with van der Waals surface area (Å²) in [6.07, 6.45) is 5.02. The van der Waals surface area contributed by atoms with Gasteiger partial charge in [-0.1, -0.05) is 25.8 Å². The molecular formula is C15H23N3O2. The van der Waals surface area contributed by atoms with Crippen molar-refractivity contribution in [2.75, 3.05) is 24.2 Å². The summed E-state index contributed by atoms with van der Waals surface area (Å²) in [5.74, 6) is 1.39. The zero-order valence-corrected chi connectivity index (χ0v) is 12.2. The first-order valence-electron chi connectivity index (χ1n) is 7.30. The average Bonchev–Trinajstić information content (AvgIpc) is 2.44. The molecule has 0 aliphatic heterocycles. The van der Waals surface area contributed by atoms with E-state index in [0.717, 1.165) is 12.5 Å². The Morgan fingerprint density at radius 1 is 1.35 bits per heavy atom. The van der Waals surface area contributed by atoms with Crippen LogP contribution in [0.1, 0.15) is 32.6 Å². The largest absolute Gasteiger partial charge is 0.382 e. The maximum absolute atomic E-state index is 11.2. The van der Waals surface area contributed by atoms with Crippen molar-refractivity contribution in [1.82, 2.24) is 0 Å². The molecule has 2 atom stereocenters. The number of hydrogen-bond acceptors (Lipinski definition) is 4. The maximum Gasteiger partial charge on any atom is 0.315 e. The second kappa shape index (κ2) is 6.59. The number of nitrogens with zero attached hydrogens (tertiary/aromatic N) is 1. The molecule has 0 saturated heterocycles. The van der Waals surface area contributed by atoms with Gasteiger partial charge in [-0.05, 0) is 36.8 Å². The molecule has 2 unspecified atom stereocenters. The summed E-state index contributed by atoms with van der Waals surface area (Å²) >= 11 is 0. The predicted octanol–water partition coefficient (Wildman–Crippen LogP) is 3.87. The first kappa shape index (κ1) is 14.6. The van der Waals surface area contributed by atoms with Crippen LogP contribution in [0.3, 0.4) is 0 Å². The fourth-order valence-corrected chi connectivity index (χ4v) is 3.08. The van der Waals surface area contributed by atoms with Crippen LogP contribution in [0.2, 0.25) is 0 Å². The molecule has 1 saturated carbocycles. The van der Waals surface area contributed by atoms with Crippen molar-refractivity contribution in [3.05, 3.63) is 28.3 Å². The number of para-hydroxylation sites is 1. The molecule has 0 bridgehead atoms. The van der Waals surface area contributed by atoms with Gasteiger partial charge < -0.3 is 10.6 Å². The van der Waals surface area contributed by atoms with Crippen molar-refractivity contribution in [3.63, 3.8) is 0 Å². The summed E-state index contributed by atoms with van der Waals surface area (Å²) in [5.41, 5.74) is 1.30. The second-order valence-electron chi connectivity index (χ2n) is 5.73. The lowest BCUT2D eigenvalue weighted by Crippen LogP contribution is -2.21. The molecular weight excluding hydrogens is 254 g/mol. The van der Waals surface area contributed by atoms with Gasteiger partial charge in [-0.15, -0.1) is 0 Å². The van der Waals surface area contributed by atoms with Gasteiger partial charge in [-0.3, -0.25) is 10.1 Å². The molecule has 20 heavy (non-hydrogen) atoms. The molecule has 2 N–H and O–H groups in total. The van der Waals surface area contributed by atoms with Crippen molar-refractivity contribution in [2.45, 2.75) is 32.6 Å². The lowest BCUT2D eigenvalue weighted by Gasteiger charge is -2.27. The highest BCUT2D eigenvalue weighted by atomic mass is 16.6. The SMILES string of the molecule is CNc1cccc(NCC2CCCC(C)C2)c1[N+](=O)[O-]. The Hall–Kier alpha value is -1.78. The molecule has 5 heteroatoms. The van der Waals surface area contributed by atoms with E-state index < -0.39 is 0 Å². The zero-order chi connectivity index (χ0) is 14.5. The molecule has 1 fully saturated rings. The van der Waals surface area contributed by atoms with Gasteiger partial charge in [0.2, 0.25) is 0 Å². The zero-order valence-electron chi connectivity index (χ0n) is 12.2. The van der Waals surface area contributed by atoms with E-state index in [4.69, 9.17) is 0 Å². The second-order valence-corrected chi connectivity index (χ2v) is 5.73. The third-order valence-corrected chi connectivity index (χ3v) is 4.11. The summed E-state index contributed by atoms with van der Waals surface area (Å²) in [4.78, 5) is 10.9. The van der Waals surface area contributed by atoms with E-state index in [1.165, 1.54) is 25.7 Å². The highest BCUT2D eigenvalue weighted by molar-refractivity contribution is 5.75. The van der Waals surface area contributed by atoms with E-state index in [1.54, 1.807) is 19.2 Å². The standard InChI is InChI=1S/C15H23N3O2/c1-11-5-3-6-12(9-11)10-17-14-8-4-7-13(16-2)15(14)18(19)20/h4,7-8,11-12,16-17H,3,5-6,9-10H2,1-2H3.